The van der Waals surface area contributed by atoms with Crippen molar-refractivity contribution in [2.24, 2.45) is 0 Å². The van der Waals surface area contributed by atoms with Crippen LogP contribution in [0, 0.1) is 0 Å². The molecular formula is C14H23ClN2O3. The van der Waals surface area contributed by atoms with Gasteiger partial charge in [-0.25, -0.2) is 0 Å². The first-order chi connectivity index (χ1) is 9.08. The van der Waals surface area contributed by atoms with Gasteiger partial charge >= 0.3 is 0 Å². The molecule has 1 amide bonds. The molecule has 0 atom stereocenters. The molecular weight excluding hydrogens is 280 g/mol. The molecule has 0 spiro atoms. The first kappa shape index (κ1) is 18.5. The summed E-state index contributed by atoms with van der Waals surface area (Å²) in [5, 5.41) is 12.7. The van der Waals surface area contributed by atoms with Gasteiger partial charge in [0, 0.05) is 20.0 Å². The third-order valence-corrected chi connectivity index (χ3v) is 2.91. The molecule has 1 rings (SSSR count). The SMILES string of the molecule is CNCCCC(=O)N(C)Cc1ccc(OC)c(O)c1.Cl. The van der Waals surface area contributed by atoms with Crippen LogP contribution in [-0.4, -0.2) is 43.7 Å². The first-order valence-electron chi connectivity index (χ1n) is 6.33. The monoisotopic (exact) mass is 302 g/mol. The smallest absolute Gasteiger partial charge is 0.222 e. The molecule has 0 heterocycles. The van der Waals surface area contributed by atoms with E-state index in [0.717, 1.165) is 18.5 Å². The average molecular weight is 303 g/mol. The molecule has 20 heavy (non-hydrogen) atoms. The van der Waals surface area contributed by atoms with Crippen molar-refractivity contribution in [1.82, 2.24) is 10.2 Å². The normalized spacial score (nSPS) is 9.75. The molecule has 0 aliphatic carbocycles. The third-order valence-electron chi connectivity index (χ3n) is 2.91. The summed E-state index contributed by atoms with van der Waals surface area (Å²) in [5.74, 6) is 0.633. The number of halogens is 1. The molecule has 0 bridgehead atoms. The van der Waals surface area contributed by atoms with Gasteiger partial charge in [0.05, 0.1) is 7.11 Å². The van der Waals surface area contributed by atoms with Gasteiger partial charge in [0.1, 0.15) is 0 Å². The number of carbonyl (C=O) groups excluding carboxylic acids is 1. The lowest BCUT2D eigenvalue weighted by atomic mass is 10.2. The molecule has 1 aromatic rings. The Morgan fingerprint density at radius 2 is 2.15 bits per heavy atom. The second-order valence-electron chi connectivity index (χ2n) is 4.46. The summed E-state index contributed by atoms with van der Waals surface area (Å²) >= 11 is 0. The van der Waals surface area contributed by atoms with E-state index in [1.54, 1.807) is 24.1 Å². The molecule has 0 unspecified atom stereocenters. The highest BCUT2D eigenvalue weighted by atomic mass is 35.5. The van der Waals surface area contributed by atoms with E-state index in [4.69, 9.17) is 4.74 Å². The summed E-state index contributed by atoms with van der Waals surface area (Å²) in [7, 11) is 5.14. The van der Waals surface area contributed by atoms with Gasteiger partial charge in [-0.3, -0.25) is 4.79 Å². The quantitative estimate of drug-likeness (QED) is 0.754. The van der Waals surface area contributed by atoms with Gasteiger partial charge in [-0.15, -0.1) is 12.4 Å². The maximum Gasteiger partial charge on any atom is 0.222 e. The van der Waals surface area contributed by atoms with Crippen molar-refractivity contribution < 1.29 is 14.6 Å². The largest absolute Gasteiger partial charge is 0.504 e. The van der Waals surface area contributed by atoms with E-state index in [1.807, 2.05) is 13.1 Å². The van der Waals surface area contributed by atoms with Crippen molar-refractivity contribution in [2.45, 2.75) is 19.4 Å². The number of rotatable bonds is 7. The Bertz CT molecular complexity index is 427. The lowest BCUT2D eigenvalue weighted by Gasteiger charge is -2.17. The van der Waals surface area contributed by atoms with E-state index in [2.05, 4.69) is 5.32 Å². The van der Waals surface area contributed by atoms with Crippen molar-refractivity contribution in [1.29, 1.82) is 0 Å². The van der Waals surface area contributed by atoms with Crippen LogP contribution in [0.4, 0.5) is 0 Å². The molecule has 0 saturated heterocycles. The number of carbonyl (C=O) groups is 1. The van der Waals surface area contributed by atoms with Crippen LogP contribution in [0.5, 0.6) is 11.5 Å². The Balaban J connectivity index is 0.00000361. The number of nitrogens with one attached hydrogen (secondary N) is 1. The second-order valence-corrected chi connectivity index (χ2v) is 4.46. The lowest BCUT2D eigenvalue weighted by Crippen LogP contribution is -2.26. The number of methoxy groups -OCH3 is 1. The zero-order valence-electron chi connectivity index (χ0n) is 12.2. The van der Waals surface area contributed by atoms with Crippen molar-refractivity contribution >= 4 is 18.3 Å². The molecule has 1 aromatic carbocycles. The zero-order chi connectivity index (χ0) is 14.3. The fourth-order valence-corrected chi connectivity index (χ4v) is 1.80. The molecule has 0 aromatic heterocycles. The number of benzene rings is 1. The summed E-state index contributed by atoms with van der Waals surface area (Å²) in [5.41, 5.74) is 0.878. The standard InChI is InChI=1S/C14H22N2O3.ClH/c1-15-8-4-5-14(18)16(2)10-11-6-7-13(19-3)12(17)9-11;/h6-7,9,15,17H,4-5,8,10H2,1-3H3;1H. The first-order valence-corrected chi connectivity index (χ1v) is 6.33. The molecule has 114 valence electrons. The van der Waals surface area contributed by atoms with Gasteiger partial charge in [0.2, 0.25) is 5.91 Å². The predicted molar refractivity (Wildman–Crippen MR) is 81.5 cm³/mol. The van der Waals surface area contributed by atoms with Gasteiger partial charge in [0.25, 0.3) is 0 Å². The molecule has 2 N–H and O–H groups in total. The van der Waals surface area contributed by atoms with Gasteiger partial charge in [-0.2, -0.15) is 0 Å². The molecule has 6 heteroatoms. The minimum Gasteiger partial charge on any atom is -0.504 e. The Kier molecular flexibility index (Phi) is 8.76. The number of phenolic OH excluding ortho intramolecular Hbond substituents is 1. The van der Waals surface area contributed by atoms with Crippen LogP contribution in [0.25, 0.3) is 0 Å². The summed E-state index contributed by atoms with van der Waals surface area (Å²) in [6.07, 6.45) is 1.35. The molecule has 0 aliphatic heterocycles. The number of phenols is 1. The number of hydrogen-bond donors (Lipinski definition) is 2. The van der Waals surface area contributed by atoms with E-state index in [0.29, 0.717) is 18.7 Å². The number of aromatic hydroxyl groups is 1. The minimum absolute atomic E-state index is 0. The van der Waals surface area contributed by atoms with Crippen molar-refractivity contribution in [3.8, 4) is 11.5 Å². The topological polar surface area (TPSA) is 61.8 Å². The molecule has 0 radical (unpaired) electrons. The number of nitrogens with zero attached hydrogens (tertiary/aromatic N) is 1. The van der Waals surface area contributed by atoms with E-state index < -0.39 is 0 Å². The summed E-state index contributed by atoms with van der Waals surface area (Å²) < 4.78 is 4.98. The van der Waals surface area contributed by atoms with E-state index in [9.17, 15) is 9.90 Å². The fourth-order valence-electron chi connectivity index (χ4n) is 1.80. The predicted octanol–water partition coefficient (Wildman–Crippen LogP) is 1.78. The van der Waals surface area contributed by atoms with Gasteiger partial charge in [-0.05, 0) is 37.7 Å². The average Bonchev–Trinajstić information content (AvgIpc) is 2.39. The van der Waals surface area contributed by atoms with Crippen LogP contribution in [0.3, 0.4) is 0 Å². The Hall–Kier alpha value is -1.46. The Morgan fingerprint density at radius 1 is 1.45 bits per heavy atom. The summed E-state index contributed by atoms with van der Waals surface area (Å²) in [6.45, 7) is 1.32. The fraction of sp³-hybridized carbons (Fsp3) is 0.500. The van der Waals surface area contributed by atoms with Crippen molar-refractivity contribution in [2.75, 3.05) is 27.7 Å². The zero-order valence-corrected chi connectivity index (χ0v) is 13.0. The van der Waals surface area contributed by atoms with Gasteiger partial charge in [0.15, 0.2) is 11.5 Å². The highest BCUT2D eigenvalue weighted by Gasteiger charge is 2.10. The van der Waals surface area contributed by atoms with Crippen molar-refractivity contribution in [3.05, 3.63) is 23.8 Å². The van der Waals surface area contributed by atoms with E-state index in [-0.39, 0.29) is 24.1 Å². The van der Waals surface area contributed by atoms with Crippen LogP contribution in [0.15, 0.2) is 18.2 Å². The third kappa shape index (κ3) is 5.67. The van der Waals surface area contributed by atoms with Gasteiger partial charge in [-0.1, -0.05) is 6.07 Å². The number of ether oxygens (including phenoxy) is 1. The highest BCUT2D eigenvalue weighted by molar-refractivity contribution is 5.85. The molecule has 0 fully saturated rings. The summed E-state index contributed by atoms with van der Waals surface area (Å²) in [4.78, 5) is 13.5. The Labute approximate surface area is 126 Å². The Morgan fingerprint density at radius 3 is 2.70 bits per heavy atom. The number of amides is 1. The lowest BCUT2D eigenvalue weighted by molar-refractivity contribution is -0.130. The molecule has 0 saturated carbocycles. The van der Waals surface area contributed by atoms with Crippen LogP contribution >= 0.6 is 12.4 Å². The maximum absolute atomic E-state index is 11.8. The molecule has 0 aliphatic rings. The highest BCUT2D eigenvalue weighted by Crippen LogP contribution is 2.26. The molecule has 5 nitrogen and oxygen atoms in total. The minimum atomic E-state index is 0. The van der Waals surface area contributed by atoms with E-state index >= 15 is 0 Å². The van der Waals surface area contributed by atoms with Crippen LogP contribution < -0.4 is 10.1 Å². The second kappa shape index (κ2) is 9.44. The number of hydrogen-bond acceptors (Lipinski definition) is 4. The summed E-state index contributed by atoms with van der Waals surface area (Å²) in [6, 6.07) is 5.16. The maximum atomic E-state index is 11.8. The van der Waals surface area contributed by atoms with Gasteiger partial charge < -0.3 is 20.1 Å². The van der Waals surface area contributed by atoms with Crippen LogP contribution in [-0.2, 0) is 11.3 Å². The van der Waals surface area contributed by atoms with Crippen molar-refractivity contribution in [3.63, 3.8) is 0 Å². The van der Waals surface area contributed by atoms with Crippen LogP contribution in [0.1, 0.15) is 18.4 Å². The van der Waals surface area contributed by atoms with Crippen LogP contribution in [0.2, 0.25) is 0 Å². The van der Waals surface area contributed by atoms with E-state index in [1.165, 1.54) is 7.11 Å².